The summed E-state index contributed by atoms with van der Waals surface area (Å²) >= 11 is 0. The van der Waals surface area contributed by atoms with Crippen LogP contribution in [0, 0.1) is 0 Å². The van der Waals surface area contributed by atoms with E-state index in [9.17, 15) is 14.7 Å². The van der Waals surface area contributed by atoms with Gasteiger partial charge < -0.3 is 39.4 Å². The molecule has 0 bridgehead atoms. The third-order valence-corrected chi connectivity index (χ3v) is 8.54. The number of rotatable bonds is 13. The Labute approximate surface area is 253 Å². The van der Waals surface area contributed by atoms with Crippen LogP contribution in [0.25, 0.3) is 0 Å². The number of carboxylic acid groups (broad SMARTS) is 1. The number of aliphatic carboxylic acids is 1. The molecule has 1 spiro atoms. The van der Waals surface area contributed by atoms with E-state index in [1.807, 2.05) is 48.5 Å². The maximum absolute atomic E-state index is 12.2. The lowest BCUT2D eigenvalue weighted by atomic mass is 9.98. The zero-order valence-corrected chi connectivity index (χ0v) is 24.7. The van der Waals surface area contributed by atoms with Crippen LogP contribution in [0.15, 0.2) is 48.5 Å². The van der Waals surface area contributed by atoms with E-state index in [1.54, 1.807) is 0 Å². The third kappa shape index (κ3) is 9.07. The summed E-state index contributed by atoms with van der Waals surface area (Å²) in [4.78, 5) is 25.2. The Morgan fingerprint density at radius 1 is 0.860 bits per heavy atom. The van der Waals surface area contributed by atoms with Crippen molar-refractivity contribution in [2.75, 3.05) is 32.8 Å². The highest BCUT2D eigenvalue weighted by Gasteiger charge is 2.41. The van der Waals surface area contributed by atoms with Crippen molar-refractivity contribution in [3.05, 3.63) is 70.8 Å². The van der Waals surface area contributed by atoms with Gasteiger partial charge in [-0.05, 0) is 29.5 Å². The summed E-state index contributed by atoms with van der Waals surface area (Å²) < 4.78 is 24.8. The normalized spacial score (nSPS) is 23.8. The molecule has 3 aliphatic rings. The van der Waals surface area contributed by atoms with E-state index in [2.05, 4.69) is 10.2 Å². The van der Waals surface area contributed by atoms with Crippen molar-refractivity contribution in [3.8, 4) is 0 Å². The van der Waals surface area contributed by atoms with E-state index < -0.39 is 18.0 Å². The van der Waals surface area contributed by atoms with Crippen LogP contribution in [0.2, 0.25) is 0 Å². The second-order valence-electron chi connectivity index (χ2n) is 11.7. The van der Waals surface area contributed by atoms with E-state index in [0.717, 1.165) is 67.6 Å². The molecule has 2 aromatic rings. The number of amides is 1. The molecule has 3 heterocycles. The number of piperidine rings is 1. The standard InChI is InChI=1S/C33H44N2O8/c36-23-25-8-10-26(11-9-25)29-20-28(22-35-16-14-33(15-17-35)40-18-19-41-33)42-32(43-29)27-12-6-24(7-13-27)21-34-30(37)4-2-1-3-5-31(38)39/h6-13,28-29,32,36H,1-5,14-23H2,(H,34,37)(H,38,39)/t28-,29+,32+/m0/s1. The van der Waals surface area contributed by atoms with E-state index in [4.69, 9.17) is 24.1 Å². The van der Waals surface area contributed by atoms with Crippen molar-refractivity contribution in [1.29, 1.82) is 0 Å². The van der Waals surface area contributed by atoms with Gasteiger partial charge in [0.25, 0.3) is 0 Å². The van der Waals surface area contributed by atoms with E-state index >= 15 is 0 Å². The molecule has 2 aromatic carbocycles. The lowest BCUT2D eigenvalue weighted by molar-refractivity contribution is -0.255. The number of carboxylic acids is 1. The number of unbranched alkanes of at least 4 members (excludes halogenated alkanes) is 2. The zero-order valence-electron chi connectivity index (χ0n) is 24.7. The van der Waals surface area contributed by atoms with E-state index in [1.165, 1.54) is 0 Å². The van der Waals surface area contributed by atoms with E-state index in [0.29, 0.717) is 39.0 Å². The van der Waals surface area contributed by atoms with Crippen molar-refractivity contribution in [3.63, 3.8) is 0 Å². The first-order valence-electron chi connectivity index (χ1n) is 15.5. The highest BCUT2D eigenvalue weighted by atomic mass is 16.7. The lowest BCUT2D eigenvalue weighted by Gasteiger charge is -2.41. The zero-order chi connectivity index (χ0) is 30.1. The molecule has 10 nitrogen and oxygen atoms in total. The molecule has 1 amide bonds. The summed E-state index contributed by atoms with van der Waals surface area (Å²) in [6.07, 6.45) is 4.25. The van der Waals surface area contributed by atoms with Crippen molar-refractivity contribution >= 4 is 11.9 Å². The highest BCUT2D eigenvalue weighted by Crippen LogP contribution is 2.39. The largest absolute Gasteiger partial charge is 0.481 e. The topological polar surface area (TPSA) is 127 Å². The first-order chi connectivity index (χ1) is 20.9. The summed E-state index contributed by atoms with van der Waals surface area (Å²) in [6, 6.07) is 15.9. The maximum Gasteiger partial charge on any atom is 0.303 e. The number of carbonyl (C=O) groups excluding carboxylic acids is 1. The number of ether oxygens (including phenoxy) is 4. The number of benzene rings is 2. The Morgan fingerprint density at radius 2 is 1.51 bits per heavy atom. The Morgan fingerprint density at radius 3 is 2.19 bits per heavy atom. The number of carbonyl (C=O) groups is 2. The molecule has 0 unspecified atom stereocenters. The Kier molecular flexibility index (Phi) is 11.2. The molecule has 0 radical (unpaired) electrons. The minimum absolute atomic E-state index is 0.00361. The Hall–Kier alpha value is -2.86. The molecule has 234 valence electrons. The summed E-state index contributed by atoms with van der Waals surface area (Å²) in [5, 5.41) is 21.1. The average molecular weight is 597 g/mol. The molecule has 5 rings (SSSR count). The maximum atomic E-state index is 12.2. The van der Waals surface area contributed by atoms with Crippen molar-refractivity contribution in [1.82, 2.24) is 10.2 Å². The van der Waals surface area contributed by atoms with Crippen molar-refractivity contribution in [2.45, 2.75) is 88.8 Å². The van der Waals surface area contributed by atoms with Gasteiger partial charge in [-0.25, -0.2) is 0 Å². The predicted molar refractivity (Wildman–Crippen MR) is 158 cm³/mol. The molecular weight excluding hydrogens is 552 g/mol. The predicted octanol–water partition coefficient (Wildman–Crippen LogP) is 4.21. The van der Waals surface area contributed by atoms with Gasteiger partial charge in [0.15, 0.2) is 12.1 Å². The molecule has 3 aliphatic heterocycles. The van der Waals surface area contributed by atoms with Crippen LogP contribution in [-0.2, 0) is 41.7 Å². The molecule has 3 atom stereocenters. The van der Waals surface area contributed by atoms with Crippen LogP contribution in [-0.4, -0.2) is 71.7 Å². The van der Waals surface area contributed by atoms with Crippen molar-refractivity contribution in [2.24, 2.45) is 0 Å². The van der Waals surface area contributed by atoms with Crippen LogP contribution in [0.3, 0.4) is 0 Å². The third-order valence-electron chi connectivity index (χ3n) is 8.54. The minimum Gasteiger partial charge on any atom is -0.481 e. The van der Waals surface area contributed by atoms with Crippen LogP contribution in [0.4, 0.5) is 0 Å². The summed E-state index contributed by atoms with van der Waals surface area (Å²) in [5.74, 6) is -1.24. The number of nitrogens with one attached hydrogen (secondary N) is 1. The molecule has 3 saturated heterocycles. The fourth-order valence-corrected chi connectivity index (χ4v) is 6.00. The van der Waals surface area contributed by atoms with Gasteiger partial charge >= 0.3 is 5.97 Å². The SMILES string of the molecule is O=C(O)CCCCCC(=O)NCc1ccc([C@@H]2O[C@H](CN3CCC4(CC3)OCCO4)C[C@H](c3ccc(CO)cc3)O2)cc1. The second-order valence-corrected chi connectivity index (χ2v) is 11.7. The highest BCUT2D eigenvalue weighted by molar-refractivity contribution is 5.75. The summed E-state index contributed by atoms with van der Waals surface area (Å²) in [5.41, 5.74) is 3.82. The number of hydrogen-bond donors (Lipinski definition) is 3. The molecular formula is C33H44N2O8. The number of aliphatic hydroxyl groups is 1. The van der Waals surface area contributed by atoms with Crippen LogP contribution in [0.1, 0.15) is 86.0 Å². The molecule has 3 N–H and O–H groups in total. The fraction of sp³-hybridized carbons (Fsp3) is 0.576. The summed E-state index contributed by atoms with van der Waals surface area (Å²) in [6.45, 7) is 4.35. The van der Waals surface area contributed by atoms with Gasteiger partial charge in [-0.3, -0.25) is 9.59 Å². The first kappa shape index (κ1) is 31.6. The van der Waals surface area contributed by atoms with Crippen LogP contribution in [0.5, 0.6) is 0 Å². The van der Waals surface area contributed by atoms with Gasteiger partial charge in [0.1, 0.15) is 0 Å². The van der Waals surface area contributed by atoms with Crippen LogP contribution >= 0.6 is 0 Å². The second kappa shape index (κ2) is 15.2. The van der Waals surface area contributed by atoms with Gasteiger partial charge in [-0.2, -0.15) is 0 Å². The molecule has 0 aromatic heterocycles. The number of likely N-dealkylation sites (tertiary alicyclic amines) is 1. The number of nitrogens with zero attached hydrogens (tertiary/aromatic N) is 1. The molecule has 0 aliphatic carbocycles. The number of hydrogen-bond acceptors (Lipinski definition) is 8. The monoisotopic (exact) mass is 596 g/mol. The van der Waals surface area contributed by atoms with Crippen LogP contribution < -0.4 is 5.32 Å². The smallest absolute Gasteiger partial charge is 0.303 e. The Balaban J connectivity index is 1.17. The molecule has 0 saturated carbocycles. The molecule has 43 heavy (non-hydrogen) atoms. The fourth-order valence-electron chi connectivity index (χ4n) is 6.00. The first-order valence-corrected chi connectivity index (χ1v) is 15.5. The Bertz CT molecular complexity index is 1170. The van der Waals surface area contributed by atoms with Gasteiger partial charge in [0.2, 0.25) is 5.91 Å². The van der Waals surface area contributed by atoms with Gasteiger partial charge in [-0.15, -0.1) is 0 Å². The minimum atomic E-state index is -0.801. The lowest BCUT2D eigenvalue weighted by Crippen LogP contribution is -2.48. The summed E-state index contributed by atoms with van der Waals surface area (Å²) in [7, 11) is 0. The molecule has 3 fully saturated rings. The quantitative estimate of drug-likeness (QED) is 0.292. The number of aliphatic hydroxyl groups excluding tert-OH is 1. The van der Waals surface area contributed by atoms with E-state index in [-0.39, 0.29) is 31.1 Å². The molecule has 10 heteroatoms. The van der Waals surface area contributed by atoms with Gasteiger partial charge in [-0.1, -0.05) is 55.0 Å². The van der Waals surface area contributed by atoms with Crippen molar-refractivity contribution < 1.29 is 38.7 Å². The average Bonchev–Trinajstić information content (AvgIpc) is 3.49. The van der Waals surface area contributed by atoms with Gasteiger partial charge in [0.05, 0.1) is 32.0 Å². The van der Waals surface area contributed by atoms with Gasteiger partial charge in [0, 0.05) is 63.8 Å².